The molecule has 1 atom stereocenters. The summed E-state index contributed by atoms with van der Waals surface area (Å²) in [5.41, 5.74) is 0. The van der Waals surface area contributed by atoms with Crippen molar-refractivity contribution in [1.29, 1.82) is 0 Å². The molecule has 0 aliphatic carbocycles. The van der Waals surface area contributed by atoms with Gasteiger partial charge in [-0.3, -0.25) is 4.79 Å². The number of para-hydroxylation sites is 1. The molecule has 0 saturated carbocycles. The predicted molar refractivity (Wildman–Crippen MR) is 69.1 cm³/mol. The van der Waals surface area contributed by atoms with Crippen LogP contribution in [0.3, 0.4) is 0 Å². The summed E-state index contributed by atoms with van der Waals surface area (Å²) < 4.78 is 5.52. The van der Waals surface area contributed by atoms with E-state index >= 15 is 0 Å². The first kappa shape index (κ1) is 13.6. The molecule has 0 aliphatic heterocycles. The van der Waals surface area contributed by atoms with E-state index in [1.807, 2.05) is 30.3 Å². The Kier molecular flexibility index (Phi) is 6.15. The van der Waals surface area contributed by atoms with E-state index in [2.05, 4.69) is 12.2 Å². The number of hydrogen-bond donors (Lipinski definition) is 1. The second-order valence-electron chi connectivity index (χ2n) is 4.07. The maximum Gasteiger partial charge on any atom is 0.260 e. The number of amides is 1. The van der Waals surface area contributed by atoms with Crippen LogP contribution in [0, 0.1) is 0 Å². The van der Waals surface area contributed by atoms with Crippen LogP contribution in [-0.2, 0) is 4.79 Å². The van der Waals surface area contributed by atoms with Gasteiger partial charge in [-0.1, -0.05) is 38.0 Å². The first-order valence-electron chi connectivity index (χ1n) is 6.23. The molecule has 94 valence electrons. The molecule has 0 unspecified atom stereocenters. The van der Waals surface area contributed by atoms with Crippen molar-refractivity contribution in [2.75, 3.05) is 6.54 Å². The minimum Gasteiger partial charge on any atom is -0.481 e. The Morgan fingerprint density at radius 1 is 1.29 bits per heavy atom. The molecule has 0 radical (unpaired) electrons. The Morgan fingerprint density at radius 2 is 2.00 bits per heavy atom. The first-order valence-corrected chi connectivity index (χ1v) is 6.23. The van der Waals surface area contributed by atoms with Crippen molar-refractivity contribution in [3.8, 4) is 5.75 Å². The van der Waals surface area contributed by atoms with Crippen molar-refractivity contribution in [2.45, 2.75) is 39.2 Å². The van der Waals surface area contributed by atoms with Crippen LogP contribution in [0.4, 0.5) is 0 Å². The lowest BCUT2D eigenvalue weighted by atomic mass is 10.2. The number of rotatable bonds is 7. The molecule has 0 aliphatic rings. The highest BCUT2D eigenvalue weighted by Crippen LogP contribution is 2.10. The summed E-state index contributed by atoms with van der Waals surface area (Å²) in [7, 11) is 0. The third-order valence-corrected chi connectivity index (χ3v) is 2.50. The van der Waals surface area contributed by atoms with Gasteiger partial charge in [0.1, 0.15) is 5.75 Å². The first-order chi connectivity index (χ1) is 8.24. The number of hydrogen-bond acceptors (Lipinski definition) is 2. The Bertz CT molecular complexity index is 324. The van der Waals surface area contributed by atoms with Gasteiger partial charge in [0.15, 0.2) is 6.10 Å². The smallest absolute Gasteiger partial charge is 0.260 e. The molecule has 0 aromatic heterocycles. The fraction of sp³-hybridized carbons (Fsp3) is 0.500. The van der Waals surface area contributed by atoms with Gasteiger partial charge in [-0.05, 0) is 25.5 Å². The molecule has 17 heavy (non-hydrogen) atoms. The molecular weight excluding hydrogens is 214 g/mol. The quantitative estimate of drug-likeness (QED) is 0.738. The molecule has 0 heterocycles. The summed E-state index contributed by atoms with van der Waals surface area (Å²) in [5.74, 6) is 0.675. The van der Waals surface area contributed by atoms with Crippen LogP contribution in [0.15, 0.2) is 30.3 Å². The molecule has 1 N–H and O–H groups in total. The SMILES string of the molecule is CCCCCNC(=O)[C@@H](C)Oc1ccccc1. The number of unbranched alkanes of at least 4 members (excludes halogenated alkanes) is 2. The van der Waals surface area contributed by atoms with Gasteiger partial charge in [0, 0.05) is 6.54 Å². The standard InChI is InChI=1S/C14H21NO2/c1-3-4-8-11-15-14(16)12(2)17-13-9-6-5-7-10-13/h5-7,9-10,12H,3-4,8,11H2,1-2H3,(H,15,16)/t12-/m1/s1. The fourth-order valence-electron chi connectivity index (χ4n) is 1.49. The zero-order chi connectivity index (χ0) is 12.5. The summed E-state index contributed by atoms with van der Waals surface area (Å²) >= 11 is 0. The van der Waals surface area contributed by atoms with Crippen LogP contribution >= 0.6 is 0 Å². The minimum absolute atomic E-state index is 0.0510. The van der Waals surface area contributed by atoms with Gasteiger partial charge in [-0.25, -0.2) is 0 Å². The molecule has 0 spiro atoms. The highest BCUT2D eigenvalue weighted by Gasteiger charge is 2.13. The van der Waals surface area contributed by atoms with E-state index < -0.39 is 6.10 Å². The van der Waals surface area contributed by atoms with E-state index in [0.717, 1.165) is 31.6 Å². The van der Waals surface area contributed by atoms with E-state index in [1.165, 1.54) is 0 Å². The number of ether oxygens (including phenoxy) is 1. The highest BCUT2D eigenvalue weighted by atomic mass is 16.5. The van der Waals surface area contributed by atoms with Gasteiger partial charge < -0.3 is 10.1 Å². The predicted octanol–water partition coefficient (Wildman–Crippen LogP) is 2.76. The van der Waals surface area contributed by atoms with E-state index in [-0.39, 0.29) is 5.91 Å². The van der Waals surface area contributed by atoms with Crippen LogP contribution in [0.25, 0.3) is 0 Å². The Labute approximate surface area is 103 Å². The maximum atomic E-state index is 11.7. The van der Waals surface area contributed by atoms with Crippen molar-refractivity contribution in [1.82, 2.24) is 5.32 Å². The minimum atomic E-state index is -0.445. The third-order valence-electron chi connectivity index (χ3n) is 2.50. The van der Waals surface area contributed by atoms with Gasteiger partial charge >= 0.3 is 0 Å². The van der Waals surface area contributed by atoms with Crippen LogP contribution < -0.4 is 10.1 Å². The Morgan fingerprint density at radius 3 is 2.65 bits per heavy atom. The fourth-order valence-corrected chi connectivity index (χ4v) is 1.49. The van der Waals surface area contributed by atoms with Gasteiger partial charge in [0.05, 0.1) is 0 Å². The molecule has 1 aromatic rings. The lowest BCUT2D eigenvalue weighted by Crippen LogP contribution is -2.36. The van der Waals surface area contributed by atoms with Gasteiger partial charge in [0.2, 0.25) is 0 Å². The molecule has 1 aromatic carbocycles. The second-order valence-corrected chi connectivity index (χ2v) is 4.07. The second kappa shape index (κ2) is 7.71. The van der Waals surface area contributed by atoms with Gasteiger partial charge in [-0.2, -0.15) is 0 Å². The molecule has 1 amide bonds. The monoisotopic (exact) mass is 235 g/mol. The Balaban J connectivity index is 2.27. The number of carbonyl (C=O) groups is 1. The summed E-state index contributed by atoms with van der Waals surface area (Å²) in [6, 6.07) is 9.40. The average Bonchev–Trinajstić information content (AvgIpc) is 2.35. The Hall–Kier alpha value is -1.51. The summed E-state index contributed by atoms with van der Waals surface area (Å²) in [6.45, 7) is 4.64. The van der Waals surface area contributed by atoms with Crippen LogP contribution in [-0.4, -0.2) is 18.6 Å². The number of benzene rings is 1. The van der Waals surface area contributed by atoms with Gasteiger partial charge in [0.25, 0.3) is 5.91 Å². The van der Waals surface area contributed by atoms with Gasteiger partial charge in [-0.15, -0.1) is 0 Å². The zero-order valence-electron chi connectivity index (χ0n) is 10.6. The third kappa shape index (κ3) is 5.38. The molecule has 3 heteroatoms. The van der Waals surface area contributed by atoms with E-state index in [1.54, 1.807) is 6.92 Å². The highest BCUT2D eigenvalue weighted by molar-refractivity contribution is 5.80. The van der Waals surface area contributed by atoms with E-state index in [0.29, 0.717) is 0 Å². The van der Waals surface area contributed by atoms with Crippen LogP contribution in [0.2, 0.25) is 0 Å². The molecule has 0 saturated heterocycles. The van der Waals surface area contributed by atoms with Crippen molar-refractivity contribution < 1.29 is 9.53 Å². The molecule has 3 nitrogen and oxygen atoms in total. The van der Waals surface area contributed by atoms with Crippen molar-refractivity contribution in [3.05, 3.63) is 30.3 Å². The van der Waals surface area contributed by atoms with Crippen molar-refractivity contribution in [3.63, 3.8) is 0 Å². The summed E-state index contributed by atoms with van der Waals surface area (Å²) in [6.07, 6.45) is 2.89. The van der Waals surface area contributed by atoms with Crippen molar-refractivity contribution in [2.24, 2.45) is 0 Å². The topological polar surface area (TPSA) is 38.3 Å². The van der Waals surface area contributed by atoms with Crippen molar-refractivity contribution >= 4 is 5.91 Å². The summed E-state index contributed by atoms with van der Waals surface area (Å²) in [5, 5.41) is 2.87. The lowest BCUT2D eigenvalue weighted by Gasteiger charge is -2.14. The van der Waals surface area contributed by atoms with E-state index in [4.69, 9.17) is 4.74 Å². The number of carbonyl (C=O) groups excluding carboxylic acids is 1. The van der Waals surface area contributed by atoms with Crippen LogP contribution in [0.1, 0.15) is 33.1 Å². The van der Waals surface area contributed by atoms with E-state index in [9.17, 15) is 4.79 Å². The lowest BCUT2D eigenvalue weighted by molar-refractivity contribution is -0.127. The molecule has 0 bridgehead atoms. The molecule has 1 rings (SSSR count). The normalized spacial score (nSPS) is 11.9. The number of nitrogens with one attached hydrogen (secondary N) is 1. The van der Waals surface area contributed by atoms with Crippen LogP contribution in [0.5, 0.6) is 5.75 Å². The molecule has 0 fully saturated rings. The maximum absolute atomic E-state index is 11.7. The molecular formula is C14H21NO2. The zero-order valence-corrected chi connectivity index (χ0v) is 10.6. The average molecular weight is 235 g/mol. The largest absolute Gasteiger partial charge is 0.481 e. The summed E-state index contributed by atoms with van der Waals surface area (Å²) in [4.78, 5) is 11.7.